The Morgan fingerprint density at radius 1 is 1.30 bits per heavy atom. The van der Waals surface area contributed by atoms with E-state index in [1.807, 2.05) is 0 Å². The highest BCUT2D eigenvalue weighted by Gasteiger charge is 2.20. The van der Waals surface area contributed by atoms with Gasteiger partial charge in [-0.3, -0.25) is 0 Å². The fourth-order valence-corrected chi connectivity index (χ4v) is 3.57. The molecule has 0 atom stereocenters. The van der Waals surface area contributed by atoms with Gasteiger partial charge in [0.25, 0.3) is 0 Å². The minimum Gasteiger partial charge on any atom is -0.487 e. The summed E-state index contributed by atoms with van der Waals surface area (Å²) in [6.07, 6.45) is 2.62. The molecule has 3 rings (SSSR count). The Morgan fingerprint density at radius 2 is 2.15 bits per heavy atom. The average molecular weight is 352 g/mol. The standard InChI is InChI=1S/C16H18BrNOS/c1-11-3-2-4-12(9-18-13-5-6-13)16(11)19-10-14-7-8-15(17)20-14/h2-4,7-8,13,18H,5-6,9-10H2,1H3. The van der Waals surface area contributed by atoms with Gasteiger partial charge in [0, 0.05) is 23.0 Å². The van der Waals surface area contributed by atoms with Crippen molar-refractivity contribution in [2.24, 2.45) is 0 Å². The number of para-hydroxylation sites is 1. The van der Waals surface area contributed by atoms with Gasteiger partial charge in [-0.2, -0.15) is 0 Å². The summed E-state index contributed by atoms with van der Waals surface area (Å²) in [4.78, 5) is 1.24. The zero-order valence-electron chi connectivity index (χ0n) is 11.5. The van der Waals surface area contributed by atoms with Crippen LogP contribution in [0.4, 0.5) is 0 Å². The van der Waals surface area contributed by atoms with E-state index in [0.29, 0.717) is 6.61 Å². The van der Waals surface area contributed by atoms with Crippen LogP contribution >= 0.6 is 27.3 Å². The number of aryl methyl sites for hydroxylation is 1. The molecule has 0 bridgehead atoms. The van der Waals surface area contributed by atoms with Gasteiger partial charge in [0.2, 0.25) is 0 Å². The van der Waals surface area contributed by atoms with Crippen LogP contribution in [0.2, 0.25) is 0 Å². The molecule has 20 heavy (non-hydrogen) atoms. The van der Waals surface area contributed by atoms with Crippen LogP contribution in [0.1, 0.15) is 28.8 Å². The lowest BCUT2D eigenvalue weighted by Crippen LogP contribution is -2.16. The number of nitrogens with one attached hydrogen (secondary N) is 1. The van der Waals surface area contributed by atoms with Gasteiger partial charge in [-0.25, -0.2) is 0 Å². The quantitative estimate of drug-likeness (QED) is 0.817. The third-order valence-corrected chi connectivity index (χ3v) is 5.04. The molecule has 1 aliphatic rings. The summed E-state index contributed by atoms with van der Waals surface area (Å²) >= 11 is 5.21. The van der Waals surface area contributed by atoms with Crippen LogP contribution in [0, 0.1) is 6.92 Å². The Labute approximate surface area is 132 Å². The Morgan fingerprint density at radius 3 is 2.85 bits per heavy atom. The Balaban J connectivity index is 1.69. The zero-order chi connectivity index (χ0) is 13.9. The molecule has 0 spiro atoms. The number of ether oxygens (including phenoxy) is 1. The van der Waals surface area contributed by atoms with E-state index in [1.54, 1.807) is 11.3 Å². The van der Waals surface area contributed by atoms with E-state index in [-0.39, 0.29) is 0 Å². The molecule has 0 aliphatic heterocycles. The van der Waals surface area contributed by atoms with Crippen molar-refractivity contribution >= 4 is 27.3 Å². The summed E-state index contributed by atoms with van der Waals surface area (Å²) in [5, 5.41) is 3.56. The van der Waals surface area contributed by atoms with E-state index in [0.717, 1.165) is 22.1 Å². The van der Waals surface area contributed by atoms with E-state index < -0.39 is 0 Å². The normalized spacial score (nSPS) is 14.5. The van der Waals surface area contributed by atoms with Crippen LogP contribution in [0.15, 0.2) is 34.1 Å². The van der Waals surface area contributed by atoms with Gasteiger partial charge in [-0.15, -0.1) is 11.3 Å². The van der Waals surface area contributed by atoms with Crippen molar-refractivity contribution < 1.29 is 4.74 Å². The number of hydrogen-bond acceptors (Lipinski definition) is 3. The predicted molar refractivity (Wildman–Crippen MR) is 87.4 cm³/mol. The average Bonchev–Trinajstić information content (AvgIpc) is 3.17. The van der Waals surface area contributed by atoms with E-state index in [1.165, 1.54) is 28.8 Å². The highest BCUT2D eigenvalue weighted by Crippen LogP contribution is 2.28. The lowest BCUT2D eigenvalue weighted by atomic mass is 10.1. The molecule has 0 unspecified atom stereocenters. The maximum atomic E-state index is 6.07. The Bertz CT molecular complexity index is 592. The summed E-state index contributed by atoms with van der Waals surface area (Å²) in [5.74, 6) is 1.03. The van der Waals surface area contributed by atoms with Gasteiger partial charge in [0.15, 0.2) is 0 Å². The second-order valence-electron chi connectivity index (χ2n) is 5.21. The maximum Gasteiger partial charge on any atom is 0.127 e. The molecule has 1 heterocycles. The predicted octanol–water partition coefficient (Wildman–Crippen LogP) is 4.65. The summed E-state index contributed by atoms with van der Waals surface area (Å²) in [7, 11) is 0. The van der Waals surface area contributed by atoms with Crippen LogP contribution in [-0.2, 0) is 13.2 Å². The zero-order valence-corrected chi connectivity index (χ0v) is 13.9. The number of benzene rings is 1. The number of rotatable bonds is 6. The number of halogens is 1. The molecule has 2 nitrogen and oxygen atoms in total. The topological polar surface area (TPSA) is 21.3 Å². The summed E-state index contributed by atoms with van der Waals surface area (Å²) in [5.41, 5.74) is 2.46. The first-order valence-electron chi connectivity index (χ1n) is 6.91. The second kappa shape index (κ2) is 6.29. The van der Waals surface area contributed by atoms with Crippen LogP contribution in [0.25, 0.3) is 0 Å². The lowest BCUT2D eigenvalue weighted by Gasteiger charge is -2.14. The molecule has 106 valence electrons. The molecular formula is C16H18BrNOS. The lowest BCUT2D eigenvalue weighted by molar-refractivity contribution is 0.303. The van der Waals surface area contributed by atoms with Crippen LogP contribution < -0.4 is 10.1 Å². The van der Waals surface area contributed by atoms with Gasteiger partial charge in [-0.1, -0.05) is 18.2 Å². The second-order valence-corrected chi connectivity index (χ2v) is 7.76. The Kier molecular flexibility index (Phi) is 4.44. The van der Waals surface area contributed by atoms with Crippen molar-refractivity contribution in [2.75, 3.05) is 0 Å². The van der Waals surface area contributed by atoms with Crippen molar-refractivity contribution in [3.8, 4) is 5.75 Å². The molecule has 1 aromatic heterocycles. The molecule has 1 aliphatic carbocycles. The summed E-state index contributed by atoms with van der Waals surface area (Å²) in [6, 6.07) is 11.3. The highest BCUT2D eigenvalue weighted by atomic mass is 79.9. The molecule has 0 amide bonds. The highest BCUT2D eigenvalue weighted by molar-refractivity contribution is 9.11. The van der Waals surface area contributed by atoms with Crippen molar-refractivity contribution in [1.82, 2.24) is 5.32 Å². The van der Waals surface area contributed by atoms with Gasteiger partial charge in [0.1, 0.15) is 12.4 Å². The molecule has 1 aromatic carbocycles. The third kappa shape index (κ3) is 3.62. The van der Waals surface area contributed by atoms with Gasteiger partial charge in [0.05, 0.1) is 3.79 Å². The largest absolute Gasteiger partial charge is 0.487 e. The molecule has 0 radical (unpaired) electrons. The first-order chi connectivity index (χ1) is 9.72. The number of hydrogen-bond donors (Lipinski definition) is 1. The minimum absolute atomic E-state index is 0.636. The minimum atomic E-state index is 0.636. The smallest absolute Gasteiger partial charge is 0.127 e. The molecule has 1 fully saturated rings. The SMILES string of the molecule is Cc1cccc(CNC2CC2)c1OCc1ccc(Br)s1. The molecule has 0 saturated heterocycles. The monoisotopic (exact) mass is 351 g/mol. The fraction of sp³-hybridized carbons (Fsp3) is 0.375. The van der Waals surface area contributed by atoms with Gasteiger partial charge < -0.3 is 10.1 Å². The van der Waals surface area contributed by atoms with Crippen LogP contribution in [-0.4, -0.2) is 6.04 Å². The molecule has 1 N–H and O–H groups in total. The van der Waals surface area contributed by atoms with Crippen molar-refractivity contribution in [3.05, 3.63) is 50.1 Å². The van der Waals surface area contributed by atoms with E-state index in [2.05, 4.69) is 58.5 Å². The fourth-order valence-electron chi connectivity index (χ4n) is 2.17. The molecular weight excluding hydrogens is 334 g/mol. The molecule has 4 heteroatoms. The Hall–Kier alpha value is -0.840. The third-order valence-electron chi connectivity index (χ3n) is 3.44. The molecule has 1 saturated carbocycles. The van der Waals surface area contributed by atoms with Crippen molar-refractivity contribution in [1.29, 1.82) is 0 Å². The molecule has 2 aromatic rings. The maximum absolute atomic E-state index is 6.07. The van der Waals surface area contributed by atoms with E-state index in [4.69, 9.17) is 4.74 Å². The van der Waals surface area contributed by atoms with Crippen molar-refractivity contribution in [3.63, 3.8) is 0 Å². The van der Waals surface area contributed by atoms with E-state index in [9.17, 15) is 0 Å². The van der Waals surface area contributed by atoms with Gasteiger partial charge in [-0.05, 0) is 53.4 Å². The summed E-state index contributed by atoms with van der Waals surface area (Å²) in [6.45, 7) is 3.65. The van der Waals surface area contributed by atoms with Crippen LogP contribution in [0.5, 0.6) is 5.75 Å². The number of thiophene rings is 1. The summed E-state index contributed by atoms with van der Waals surface area (Å²) < 4.78 is 7.22. The van der Waals surface area contributed by atoms with Gasteiger partial charge >= 0.3 is 0 Å². The first-order valence-corrected chi connectivity index (χ1v) is 8.52. The van der Waals surface area contributed by atoms with Crippen molar-refractivity contribution in [2.45, 2.75) is 39.0 Å². The first kappa shape index (κ1) is 14.1. The van der Waals surface area contributed by atoms with Crippen LogP contribution in [0.3, 0.4) is 0 Å². The van der Waals surface area contributed by atoms with E-state index >= 15 is 0 Å².